The first-order valence-corrected chi connectivity index (χ1v) is 6.93. The van der Waals surface area contributed by atoms with Crippen LogP contribution in [-0.4, -0.2) is 30.1 Å². The van der Waals surface area contributed by atoms with Gasteiger partial charge >= 0.3 is 0 Å². The lowest BCUT2D eigenvalue weighted by Gasteiger charge is -2.15. The number of nitrogens with one attached hydrogen (secondary N) is 2. The summed E-state index contributed by atoms with van der Waals surface area (Å²) in [5.74, 6) is 5.87. The Balaban J connectivity index is 2.01. The third-order valence-corrected chi connectivity index (χ3v) is 3.73. The number of hydrogen-bond acceptors (Lipinski definition) is 5. The van der Waals surface area contributed by atoms with Crippen molar-refractivity contribution >= 4 is 27.7 Å². The maximum absolute atomic E-state index is 12.1. The van der Waals surface area contributed by atoms with Crippen molar-refractivity contribution in [2.24, 2.45) is 11.8 Å². The lowest BCUT2D eigenvalue weighted by molar-refractivity contribution is 0.0907. The van der Waals surface area contributed by atoms with Gasteiger partial charge < -0.3 is 15.5 Å². The van der Waals surface area contributed by atoms with Gasteiger partial charge in [0, 0.05) is 29.7 Å². The van der Waals surface area contributed by atoms with Gasteiger partial charge in [-0.1, -0.05) is 0 Å². The van der Waals surface area contributed by atoms with Gasteiger partial charge in [-0.25, -0.2) is 10.8 Å². The zero-order valence-corrected chi connectivity index (χ0v) is 12.2. The van der Waals surface area contributed by atoms with Gasteiger partial charge in [-0.05, 0) is 35.3 Å². The van der Waals surface area contributed by atoms with Gasteiger partial charge in [0.2, 0.25) is 0 Å². The molecule has 6 nitrogen and oxygen atoms in total. The van der Waals surface area contributed by atoms with Crippen molar-refractivity contribution < 1.29 is 9.53 Å². The SMILES string of the molecule is CC1OCCC1CNC(=O)c1cc(Br)cnc1NN. The number of aromatic nitrogens is 1. The molecular weight excluding hydrogens is 312 g/mol. The maximum Gasteiger partial charge on any atom is 0.255 e. The van der Waals surface area contributed by atoms with Crippen molar-refractivity contribution in [1.82, 2.24) is 10.3 Å². The molecule has 104 valence electrons. The van der Waals surface area contributed by atoms with E-state index in [0.717, 1.165) is 17.5 Å². The molecule has 2 atom stereocenters. The molecule has 1 amide bonds. The summed E-state index contributed by atoms with van der Waals surface area (Å²) < 4.78 is 6.19. The number of carbonyl (C=O) groups is 1. The number of hydrazine groups is 1. The first-order valence-electron chi connectivity index (χ1n) is 6.13. The summed E-state index contributed by atoms with van der Waals surface area (Å²) in [7, 11) is 0. The lowest BCUT2D eigenvalue weighted by Crippen LogP contribution is -2.32. The molecule has 1 aliphatic heterocycles. The highest BCUT2D eigenvalue weighted by Crippen LogP contribution is 2.20. The Morgan fingerprint density at radius 3 is 3.11 bits per heavy atom. The molecule has 1 aromatic heterocycles. The van der Waals surface area contributed by atoms with E-state index < -0.39 is 0 Å². The van der Waals surface area contributed by atoms with Crippen LogP contribution in [0.4, 0.5) is 5.82 Å². The van der Waals surface area contributed by atoms with Crippen molar-refractivity contribution in [2.45, 2.75) is 19.4 Å². The minimum atomic E-state index is -0.194. The normalized spacial score (nSPS) is 22.3. The Labute approximate surface area is 120 Å². The highest BCUT2D eigenvalue weighted by molar-refractivity contribution is 9.10. The second-order valence-electron chi connectivity index (χ2n) is 4.53. The molecule has 2 rings (SSSR count). The summed E-state index contributed by atoms with van der Waals surface area (Å²) in [4.78, 5) is 16.2. The topological polar surface area (TPSA) is 89.3 Å². The summed E-state index contributed by atoms with van der Waals surface area (Å²) in [5.41, 5.74) is 2.84. The minimum Gasteiger partial charge on any atom is -0.378 e. The predicted octanol–water partition coefficient (Wildman–Crippen LogP) is 1.28. The molecule has 0 radical (unpaired) electrons. The number of halogens is 1. The number of ether oxygens (including phenoxy) is 1. The number of carbonyl (C=O) groups excluding carboxylic acids is 1. The molecule has 1 aliphatic rings. The van der Waals surface area contributed by atoms with Crippen LogP contribution < -0.4 is 16.6 Å². The fourth-order valence-electron chi connectivity index (χ4n) is 2.09. The summed E-state index contributed by atoms with van der Waals surface area (Å²) in [6.45, 7) is 3.38. The zero-order valence-electron chi connectivity index (χ0n) is 10.6. The van der Waals surface area contributed by atoms with E-state index in [4.69, 9.17) is 10.6 Å². The minimum absolute atomic E-state index is 0.188. The smallest absolute Gasteiger partial charge is 0.255 e. The van der Waals surface area contributed by atoms with Crippen LogP contribution in [0, 0.1) is 5.92 Å². The molecule has 1 aromatic rings. The van der Waals surface area contributed by atoms with Gasteiger partial charge in [-0.2, -0.15) is 0 Å². The number of hydrogen-bond donors (Lipinski definition) is 3. The van der Waals surface area contributed by atoms with Gasteiger partial charge in [0.1, 0.15) is 0 Å². The van der Waals surface area contributed by atoms with E-state index in [1.807, 2.05) is 6.92 Å². The van der Waals surface area contributed by atoms with Crippen LogP contribution in [0.2, 0.25) is 0 Å². The van der Waals surface area contributed by atoms with Gasteiger partial charge in [0.15, 0.2) is 5.82 Å². The fourth-order valence-corrected chi connectivity index (χ4v) is 2.42. The second kappa shape index (κ2) is 6.31. The van der Waals surface area contributed by atoms with Crippen molar-refractivity contribution in [3.63, 3.8) is 0 Å². The Bertz CT molecular complexity index is 469. The van der Waals surface area contributed by atoms with Crippen LogP contribution >= 0.6 is 15.9 Å². The summed E-state index contributed by atoms with van der Waals surface area (Å²) >= 11 is 3.29. The van der Waals surface area contributed by atoms with Crippen LogP contribution in [0.3, 0.4) is 0 Å². The molecule has 1 saturated heterocycles. The molecule has 4 N–H and O–H groups in total. The van der Waals surface area contributed by atoms with Crippen molar-refractivity contribution in [3.05, 3.63) is 22.3 Å². The van der Waals surface area contributed by atoms with E-state index >= 15 is 0 Å². The Morgan fingerprint density at radius 1 is 1.68 bits per heavy atom. The molecule has 0 aliphatic carbocycles. The van der Waals surface area contributed by atoms with Crippen LogP contribution in [-0.2, 0) is 4.74 Å². The number of nitrogens with two attached hydrogens (primary N) is 1. The molecule has 2 heterocycles. The Hall–Kier alpha value is -1.18. The number of nitrogens with zero attached hydrogens (tertiary/aromatic N) is 1. The Morgan fingerprint density at radius 2 is 2.47 bits per heavy atom. The lowest BCUT2D eigenvalue weighted by atomic mass is 10.0. The molecule has 0 spiro atoms. The number of rotatable bonds is 4. The molecule has 1 fully saturated rings. The van der Waals surface area contributed by atoms with Gasteiger partial charge in [-0.15, -0.1) is 0 Å². The summed E-state index contributed by atoms with van der Waals surface area (Å²) in [6, 6.07) is 1.69. The molecule has 0 saturated carbocycles. The van der Waals surface area contributed by atoms with Crippen LogP contribution in [0.5, 0.6) is 0 Å². The molecule has 2 unspecified atom stereocenters. The molecule has 7 heteroatoms. The van der Waals surface area contributed by atoms with E-state index in [1.165, 1.54) is 0 Å². The third kappa shape index (κ3) is 3.43. The highest BCUT2D eigenvalue weighted by Gasteiger charge is 2.25. The highest BCUT2D eigenvalue weighted by atomic mass is 79.9. The van der Waals surface area contributed by atoms with Crippen molar-refractivity contribution in [1.29, 1.82) is 0 Å². The van der Waals surface area contributed by atoms with Gasteiger partial charge in [0.05, 0.1) is 11.7 Å². The largest absolute Gasteiger partial charge is 0.378 e. The van der Waals surface area contributed by atoms with E-state index in [2.05, 4.69) is 31.7 Å². The quantitative estimate of drug-likeness (QED) is 0.572. The summed E-state index contributed by atoms with van der Waals surface area (Å²) in [6.07, 6.45) is 2.74. The average molecular weight is 329 g/mol. The monoisotopic (exact) mass is 328 g/mol. The Kier molecular flexibility index (Phi) is 4.73. The standard InChI is InChI=1S/C12H17BrN4O2/c1-7-8(2-3-19-7)5-16-12(18)10-4-9(13)6-15-11(10)17-14/h4,6-8H,2-3,5,14H2,1H3,(H,15,17)(H,16,18). The van der Waals surface area contributed by atoms with Crippen LogP contribution in [0.15, 0.2) is 16.7 Å². The third-order valence-electron chi connectivity index (χ3n) is 3.29. The number of anilines is 1. The number of nitrogen functional groups attached to an aromatic ring is 1. The zero-order chi connectivity index (χ0) is 13.8. The van der Waals surface area contributed by atoms with E-state index in [0.29, 0.717) is 23.8 Å². The molecule has 0 aromatic carbocycles. The first-order chi connectivity index (χ1) is 9.11. The van der Waals surface area contributed by atoms with Gasteiger partial charge in [-0.3, -0.25) is 4.79 Å². The molecule has 19 heavy (non-hydrogen) atoms. The average Bonchev–Trinajstić information content (AvgIpc) is 2.81. The fraction of sp³-hybridized carbons (Fsp3) is 0.500. The van der Waals surface area contributed by atoms with Crippen LogP contribution in [0.1, 0.15) is 23.7 Å². The first kappa shape index (κ1) is 14.2. The van der Waals surface area contributed by atoms with Crippen molar-refractivity contribution in [2.75, 3.05) is 18.6 Å². The maximum atomic E-state index is 12.1. The van der Waals surface area contributed by atoms with Crippen molar-refractivity contribution in [3.8, 4) is 0 Å². The summed E-state index contributed by atoms with van der Waals surface area (Å²) in [5, 5.41) is 2.90. The predicted molar refractivity (Wildman–Crippen MR) is 75.6 cm³/mol. The molecule has 0 bridgehead atoms. The number of pyridine rings is 1. The van der Waals surface area contributed by atoms with E-state index in [-0.39, 0.29) is 12.0 Å². The molecular formula is C12H17BrN4O2. The van der Waals surface area contributed by atoms with Gasteiger partial charge in [0.25, 0.3) is 5.91 Å². The second-order valence-corrected chi connectivity index (χ2v) is 5.44. The number of amides is 1. The van der Waals surface area contributed by atoms with E-state index in [9.17, 15) is 4.79 Å². The van der Waals surface area contributed by atoms with Crippen LogP contribution in [0.25, 0.3) is 0 Å². The van der Waals surface area contributed by atoms with E-state index in [1.54, 1.807) is 12.3 Å².